The van der Waals surface area contributed by atoms with Crippen LogP contribution < -0.4 is 11.2 Å². The minimum atomic E-state index is -1.21. The van der Waals surface area contributed by atoms with Gasteiger partial charge in [-0.15, -0.1) is 0 Å². The summed E-state index contributed by atoms with van der Waals surface area (Å²) in [4.78, 5) is 37.9. The summed E-state index contributed by atoms with van der Waals surface area (Å²) in [6.45, 7) is 1.98. The second-order valence-corrected chi connectivity index (χ2v) is 6.55. The Morgan fingerprint density at radius 1 is 1.27 bits per heavy atom. The average Bonchev–Trinajstić information content (AvgIpc) is 2.92. The van der Waals surface area contributed by atoms with Crippen molar-refractivity contribution in [1.29, 1.82) is 0 Å². The molecule has 26 heavy (non-hydrogen) atoms. The third-order valence-corrected chi connectivity index (χ3v) is 4.76. The number of fused-ring (bicyclic) bond motifs is 1. The highest BCUT2D eigenvalue weighted by atomic mass is 16.7. The Labute approximate surface area is 148 Å². The minimum Gasteiger partial charge on any atom is -0.456 e. The zero-order valence-electron chi connectivity index (χ0n) is 14.1. The molecule has 3 heterocycles. The first kappa shape index (κ1) is 16.7. The highest BCUT2D eigenvalue weighted by Crippen LogP contribution is 2.46. The second-order valence-electron chi connectivity index (χ2n) is 6.55. The molecule has 0 saturated carbocycles. The van der Waals surface area contributed by atoms with E-state index in [0.717, 1.165) is 5.56 Å². The van der Waals surface area contributed by atoms with E-state index in [1.165, 1.54) is 10.8 Å². The lowest BCUT2D eigenvalue weighted by molar-refractivity contribution is -0.237. The van der Waals surface area contributed by atoms with Gasteiger partial charge in [0.2, 0.25) is 5.60 Å². The Morgan fingerprint density at radius 2 is 2.04 bits per heavy atom. The molecule has 2 aliphatic rings. The van der Waals surface area contributed by atoms with E-state index in [1.54, 1.807) is 6.92 Å². The van der Waals surface area contributed by atoms with Gasteiger partial charge in [0, 0.05) is 18.2 Å². The summed E-state index contributed by atoms with van der Waals surface area (Å²) < 4.78 is 18.1. The largest absolute Gasteiger partial charge is 0.456 e. The SMILES string of the molecule is Cc1cn([C@@H]2C[C@@H]3OC(=O)[C@]3(COCc3ccccc3)O2)c(=O)[nH]c1=O. The Morgan fingerprint density at radius 3 is 2.77 bits per heavy atom. The lowest BCUT2D eigenvalue weighted by atomic mass is 9.92. The average molecular weight is 358 g/mol. The second kappa shape index (κ2) is 6.22. The van der Waals surface area contributed by atoms with E-state index < -0.39 is 35.2 Å². The number of H-pyrrole nitrogens is 1. The van der Waals surface area contributed by atoms with Crippen LogP contribution >= 0.6 is 0 Å². The number of ether oxygens (including phenoxy) is 3. The normalized spacial score (nSPS) is 26.9. The van der Waals surface area contributed by atoms with Crippen molar-refractivity contribution >= 4 is 5.97 Å². The molecule has 0 unspecified atom stereocenters. The predicted octanol–water partition coefficient (Wildman–Crippen LogP) is 0.645. The molecule has 0 bridgehead atoms. The summed E-state index contributed by atoms with van der Waals surface area (Å²) in [6.07, 6.45) is 0.579. The van der Waals surface area contributed by atoms with E-state index in [-0.39, 0.29) is 6.61 Å². The van der Waals surface area contributed by atoms with Crippen LogP contribution in [0.25, 0.3) is 0 Å². The first-order valence-corrected chi connectivity index (χ1v) is 8.32. The van der Waals surface area contributed by atoms with Gasteiger partial charge in [-0.05, 0) is 12.5 Å². The van der Waals surface area contributed by atoms with Gasteiger partial charge in [-0.25, -0.2) is 9.59 Å². The fourth-order valence-corrected chi connectivity index (χ4v) is 3.29. The van der Waals surface area contributed by atoms with Crippen LogP contribution in [-0.4, -0.2) is 33.8 Å². The highest BCUT2D eigenvalue weighted by Gasteiger charge is 2.66. The smallest absolute Gasteiger partial charge is 0.345 e. The summed E-state index contributed by atoms with van der Waals surface area (Å²) in [5, 5.41) is 0. The van der Waals surface area contributed by atoms with Crippen molar-refractivity contribution in [2.75, 3.05) is 6.61 Å². The molecule has 0 spiro atoms. The first-order chi connectivity index (χ1) is 12.5. The van der Waals surface area contributed by atoms with Gasteiger partial charge in [-0.2, -0.15) is 0 Å². The third kappa shape index (κ3) is 2.67. The molecule has 8 heteroatoms. The molecule has 2 saturated heterocycles. The number of carbonyl (C=O) groups excluding carboxylic acids is 1. The molecule has 2 fully saturated rings. The summed E-state index contributed by atoms with van der Waals surface area (Å²) in [5.41, 5.74) is -0.868. The number of aromatic amines is 1. The van der Waals surface area contributed by atoms with Crippen molar-refractivity contribution in [2.45, 2.75) is 37.9 Å². The molecule has 0 radical (unpaired) electrons. The molecule has 4 rings (SSSR count). The molecule has 2 aliphatic heterocycles. The Bertz CT molecular complexity index is 950. The fraction of sp³-hybridized carbons (Fsp3) is 0.389. The van der Waals surface area contributed by atoms with Crippen LogP contribution in [-0.2, 0) is 25.6 Å². The summed E-state index contributed by atoms with van der Waals surface area (Å²) in [6, 6.07) is 9.58. The van der Waals surface area contributed by atoms with Crippen LogP contribution in [0.2, 0.25) is 0 Å². The van der Waals surface area contributed by atoms with Crippen molar-refractivity contribution in [2.24, 2.45) is 0 Å². The zero-order chi connectivity index (χ0) is 18.3. The lowest BCUT2D eigenvalue weighted by Crippen LogP contribution is -2.63. The monoisotopic (exact) mass is 358 g/mol. The number of esters is 1. The topological polar surface area (TPSA) is 99.6 Å². The molecular weight excluding hydrogens is 340 g/mol. The number of hydrogen-bond acceptors (Lipinski definition) is 6. The van der Waals surface area contributed by atoms with E-state index >= 15 is 0 Å². The van der Waals surface area contributed by atoms with Crippen LogP contribution in [0.4, 0.5) is 0 Å². The van der Waals surface area contributed by atoms with Gasteiger partial charge >= 0.3 is 11.7 Å². The van der Waals surface area contributed by atoms with Crippen LogP contribution in [0.5, 0.6) is 0 Å². The number of aryl methyl sites for hydroxylation is 1. The number of rotatable bonds is 5. The van der Waals surface area contributed by atoms with E-state index in [0.29, 0.717) is 18.6 Å². The van der Waals surface area contributed by atoms with Crippen molar-refractivity contribution in [3.63, 3.8) is 0 Å². The maximum absolute atomic E-state index is 12.1. The summed E-state index contributed by atoms with van der Waals surface area (Å²) >= 11 is 0. The maximum Gasteiger partial charge on any atom is 0.345 e. The number of benzene rings is 1. The standard InChI is InChI=1S/C18H18N2O6/c1-11-8-20(17(23)19-15(11)21)14-7-13-18(26-14,16(22)25-13)10-24-9-12-5-3-2-4-6-12/h2-6,8,13-14H,7,9-10H2,1H3,(H,19,21,23)/t13-,14-,18+/m0/s1. The lowest BCUT2D eigenvalue weighted by Gasteiger charge is -2.40. The van der Waals surface area contributed by atoms with Crippen molar-refractivity contribution in [3.8, 4) is 0 Å². The van der Waals surface area contributed by atoms with Gasteiger partial charge in [-0.1, -0.05) is 30.3 Å². The molecule has 1 aromatic carbocycles. The van der Waals surface area contributed by atoms with Gasteiger partial charge in [0.25, 0.3) is 5.56 Å². The van der Waals surface area contributed by atoms with Gasteiger partial charge in [-0.3, -0.25) is 14.3 Å². The fourth-order valence-electron chi connectivity index (χ4n) is 3.29. The Balaban J connectivity index is 1.50. The maximum atomic E-state index is 12.1. The number of aromatic nitrogens is 2. The molecule has 1 aromatic heterocycles. The minimum absolute atomic E-state index is 0.0407. The number of nitrogens with one attached hydrogen (secondary N) is 1. The Hall–Kier alpha value is -2.71. The van der Waals surface area contributed by atoms with E-state index in [2.05, 4.69) is 4.98 Å². The van der Waals surface area contributed by atoms with E-state index in [4.69, 9.17) is 14.2 Å². The van der Waals surface area contributed by atoms with Crippen LogP contribution in [0, 0.1) is 6.92 Å². The summed E-state index contributed by atoms with van der Waals surface area (Å²) in [5.74, 6) is -0.493. The zero-order valence-corrected chi connectivity index (χ0v) is 14.1. The molecule has 3 atom stereocenters. The predicted molar refractivity (Wildman–Crippen MR) is 89.5 cm³/mol. The van der Waals surface area contributed by atoms with Crippen LogP contribution in [0.1, 0.15) is 23.8 Å². The molecule has 136 valence electrons. The summed E-state index contributed by atoms with van der Waals surface area (Å²) in [7, 11) is 0. The van der Waals surface area contributed by atoms with Gasteiger partial charge < -0.3 is 14.2 Å². The van der Waals surface area contributed by atoms with Gasteiger partial charge in [0.1, 0.15) is 12.3 Å². The van der Waals surface area contributed by atoms with E-state index in [9.17, 15) is 14.4 Å². The molecule has 2 aromatic rings. The van der Waals surface area contributed by atoms with Crippen molar-refractivity contribution < 1.29 is 19.0 Å². The molecular formula is C18H18N2O6. The number of nitrogens with zero attached hydrogens (tertiary/aromatic N) is 1. The third-order valence-electron chi connectivity index (χ3n) is 4.76. The van der Waals surface area contributed by atoms with Crippen LogP contribution in [0.3, 0.4) is 0 Å². The number of carbonyl (C=O) groups is 1. The van der Waals surface area contributed by atoms with Gasteiger partial charge in [0.05, 0.1) is 13.2 Å². The quantitative estimate of drug-likeness (QED) is 0.788. The molecule has 0 aliphatic carbocycles. The molecule has 0 amide bonds. The highest BCUT2D eigenvalue weighted by molar-refractivity contribution is 5.87. The molecule has 8 nitrogen and oxygen atoms in total. The van der Waals surface area contributed by atoms with E-state index in [1.807, 2.05) is 30.3 Å². The van der Waals surface area contributed by atoms with Crippen molar-refractivity contribution in [1.82, 2.24) is 9.55 Å². The number of hydrogen-bond donors (Lipinski definition) is 1. The first-order valence-electron chi connectivity index (χ1n) is 8.32. The van der Waals surface area contributed by atoms with Crippen LogP contribution in [0.15, 0.2) is 46.1 Å². The van der Waals surface area contributed by atoms with Gasteiger partial charge in [0.15, 0.2) is 0 Å². The van der Waals surface area contributed by atoms with Crippen molar-refractivity contribution in [3.05, 3.63) is 68.5 Å². The molecule has 1 N–H and O–H groups in total. The Kier molecular flexibility index (Phi) is 4.01.